The molecular weight excluding hydrogens is 274 g/mol. The molecule has 0 heterocycles. The van der Waals surface area contributed by atoms with E-state index < -0.39 is 0 Å². The molecule has 4 heteroatoms. The Morgan fingerprint density at radius 2 is 1.65 bits per heavy atom. The van der Waals surface area contributed by atoms with E-state index in [1.165, 1.54) is 44.6 Å². The van der Waals surface area contributed by atoms with Crippen LogP contribution in [0.5, 0.6) is 0 Å². The molecule has 1 aromatic rings. The van der Waals surface area contributed by atoms with E-state index in [2.05, 4.69) is 6.92 Å². The predicted octanol–water partition coefficient (Wildman–Crippen LogP) is 5.93. The lowest BCUT2D eigenvalue weighted by molar-refractivity contribution is -0.385. The lowest BCUT2D eigenvalue weighted by Crippen LogP contribution is -1.96. The van der Waals surface area contributed by atoms with Crippen molar-refractivity contribution in [1.82, 2.24) is 0 Å². The molecule has 0 atom stereocenters. The Morgan fingerprint density at radius 1 is 1.05 bits per heavy atom. The second-order valence-corrected chi connectivity index (χ2v) is 5.69. The van der Waals surface area contributed by atoms with Crippen LogP contribution < -0.4 is 0 Å². The van der Waals surface area contributed by atoms with E-state index in [0.717, 1.165) is 24.8 Å². The van der Waals surface area contributed by atoms with Gasteiger partial charge in [-0.2, -0.15) is 0 Å². The summed E-state index contributed by atoms with van der Waals surface area (Å²) in [6.07, 6.45) is 10.6. The number of nitrogens with zero attached hydrogens (tertiary/aromatic N) is 1. The number of hydrogen-bond donors (Lipinski definition) is 0. The Hall–Kier alpha value is -1.09. The number of hydrogen-bond acceptors (Lipinski definition) is 2. The highest BCUT2D eigenvalue weighted by Crippen LogP contribution is 2.24. The van der Waals surface area contributed by atoms with Gasteiger partial charge < -0.3 is 0 Å². The molecule has 0 unspecified atom stereocenters. The topological polar surface area (TPSA) is 43.1 Å². The summed E-state index contributed by atoms with van der Waals surface area (Å²) in [5.74, 6) is 0. The van der Waals surface area contributed by atoms with Crippen LogP contribution in [-0.4, -0.2) is 4.92 Å². The first-order chi connectivity index (χ1) is 9.65. The largest absolute Gasteiger partial charge is 0.272 e. The molecular formula is C16H24ClNO2. The highest BCUT2D eigenvalue weighted by atomic mass is 35.5. The summed E-state index contributed by atoms with van der Waals surface area (Å²) in [6, 6.07) is 4.81. The van der Waals surface area contributed by atoms with Gasteiger partial charge in [0, 0.05) is 16.7 Å². The quantitative estimate of drug-likeness (QED) is 0.305. The lowest BCUT2D eigenvalue weighted by Gasteiger charge is -2.04. The van der Waals surface area contributed by atoms with Crippen LogP contribution in [0.1, 0.15) is 63.9 Å². The van der Waals surface area contributed by atoms with Crippen molar-refractivity contribution >= 4 is 17.3 Å². The molecule has 0 bridgehead atoms. The Bertz CT molecular complexity index is 421. The maximum atomic E-state index is 10.9. The number of nitro groups is 1. The van der Waals surface area contributed by atoms with Gasteiger partial charge in [0.15, 0.2) is 0 Å². The predicted molar refractivity (Wildman–Crippen MR) is 84.4 cm³/mol. The van der Waals surface area contributed by atoms with E-state index in [1.54, 1.807) is 12.1 Å². The first-order valence-corrected chi connectivity index (χ1v) is 7.95. The van der Waals surface area contributed by atoms with Crippen molar-refractivity contribution in [1.29, 1.82) is 0 Å². The highest BCUT2D eigenvalue weighted by molar-refractivity contribution is 6.30. The molecule has 0 radical (unpaired) electrons. The van der Waals surface area contributed by atoms with E-state index in [9.17, 15) is 10.1 Å². The van der Waals surface area contributed by atoms with Crippen LogP contribution in [0, 0.1) is 10.1 Å². The first kappa shape index (κ1) is 17.0. The number of rotatable bonds is 10. The van der Waals surface area contributed by atoms with Crippen LogP contribution in [0.4, 0.5) is 5.69 Å². The Labute approximate surface area is 126 Å². The zero-order valence-corrected chi connectivity index (χ0v) is 13.0. The summed E-state index contributed by atoms with van der Waals surface area (Å²) in [4.78, 5) is 10.6. The van der Waals surface area contributed by atoms with Gasteiger partial charge in [-0.1, -0.05) is 63.5 Å². The molecule has 1 aromatic carbocycles. The minimum absolute atomic E-state index is 0.192. The molecule has 0 N–H and O–H groups in total. The van der Waals surface area contributed by atoms with Gasteiger partial charge in [-0.25, -0.2) is 0 Å². The van der Waals surface area contributed by atoms with E-state index in [1.807, 2.05) is 0 Å². The molecule has 1 rings (SSSR count). The fourth-order valence-electron chi connectivity index (χ4n) is 2.38. The average molecular weight is 298 g/mol. The molecule has 0 saturated heterocycles. The Kier molecular flexibility index (Phi) is 8.28. The third-order valence-corrected chi connectivity index (χ3v) is 3.77. The van der Waals surface area contributed by atoms with Gasteiger partial charge in [0.05, 0.1) is 4.92 Å². The minimum atomic E-state index is -0.323. The van der Waals surface area contributed by atoms with Crippen LogP contribution in [0.25, 0.3) is 0 Å². The monoisotopic (exact) mass is 297 g/mol. The molecule has 0 aliphatic heterocycles. The molecule has 0 aliphatic carbocycles. The lowest BCUT2D eigenvalue weighted by atomic mass is 10.0. The minimum Gasteiger partial charge on any atom is -0.258 e. The SMILES string of the molecule is CCCCCCCCCCc1cc(Cl)ccc1[N+](=O)[O-]. The molecule has 0 spiro atoms. The number of aryl methyl sites for hydroxylation is 1. The Balaban J connectivity index is 2.28. The zero-order chi connectivity index (χ0) is 14.8. The van der Waals surface area contributed by atoms with Gasteiger partial charge in [0.2, 0.25) is 0 Å². The van der Waals surface area contributed by atoms with E-state index in [4.69, 9.17) is 11.6 Å². The second-order valence-electron chi connectivity index (χ2n) is 5.26. The molecule has 0 aliphatic rings. The van der Waals surface area contributed by atoms with Gasteiger partial charge in [-0.05, 0) is 25.0 Å². The second kappa shape index (κ2) is 9.76. The van der Waals surface area contributed by atoms with Crippen molar-refractivity contribution in [2.75, 3.05) is 0 Å². The van der Waals surface area contributed by atoms with Gasteiger partial charge in [0.1, 0.15) is 0 Å². The van der Waals surface area contributed by atoms with Crippen molar-refractivity contribution in [3.8, 4) is 0 Å². The summed E-state index contributed by atoms with van der Waals surface area (Å²) in [5.41, 5.74) is 0.950. The van der Waals surface area contributed by atoms with Crippen molar-refractivity contribution in [2.45, 2.75) is 64.7 Å². The third-order valence-electron chi connectivity index (χ3n) is 3.54. The van der Waals surface area contributed by atoms with Gasteiger partial charge in [-0.15, -0.1) is 0 Å². The number of unbranched alkanes of at least 4 members (excludes halogenated alkanes) is 7. The van der Waals surface area contributed by atoms with Crippen molar-refractivity contribution in [2.24, 2.45) is 0 Å². The summed E-state index contributed by atoms with van der Waals surface area (Å²) in [6.45, 7) is 2.22. The fraction of sp³-hybridized carbons (Fsp3) is 0.625. The molecule has 3 nitrogen and oxygen atoms in total. The fourth-order valence-corrected chi connectivity index (χ4v) is 2.58. The number of benzene rings is 1. The third kappa shape index (κ3) is 6.38. The zero-order valence-electron chi connectivity index (χ0n) is 12.2. The maximum absolute atomic E-state index is 10.9. The van der Waals surface area contributed by atoms with E-state index in [0.29, 0.717) is 5.02 Å². The van der Waals surface area contributed by atoms with E-state index >= 15 is 0 Å². The summed E-state index contributed by atoms with van der Waals surface area (Å²) in [7, 11) is 0. The standard InChI is InChI=1S/C16H24ClNO2/c1-2-3-4-5-6-7-8-9-10-14-13-15(17)11-12-16(14)18(19)20/h11-13H,2-10H2,1H3. The van der Waals surface area contributed by atoms with Gasteiger partial charge in [0.25, 0.3) is 5.69 Å². The average Bonchev–Trinajstić information content (AvgIpc) is 2.41. The summed E-state index contributed by atoms with van der Waals surface area (Å²) >= 11 is 5.91. The summed E-state index contributed by atoms with van der Waals surface area (Å²) in [5, 5.41) is 11.5. The van der Waals surface area contributed by atoms with E-state index in [-0.39, 0.29) is 10.6 Å². The number of nitro benzene ring substituents is 1. The van der Waals surface area contributed by atoms with Crippen LogP contribution in [0.3, 0.4) is 0 Å². The summed E-state index contributed by atoms with van der Waals surface area (Å²) < 4.78 is 0. The van der Waals surface area contributed by atoms with Crippen LogP contribution in [0.15, 0.2) is 18.2 Å². The molecule has 0 aromatic heterocycles. The van der Waals surface area contributed by atoms with Gasteiger partial charge in [-0.3, -0.25) is 10.1 Å². The van der Waals surface area contributed by atoms with Crippen LogP contribution >= 0.6 is 11.6 Å². The van der Waals surface area contributed by atoms with Crippen molar-refractivity contribution in [3.63, 3.8) is 0 Å². The highest BCUT2D eigenvalue weighted by Gasteiger charge is 2.13. The van der Waals surface area contributed by atoms with Crippen LogP contribution in [0.2, 0.25) is 5.02 Å². The molecule has 20 heavy (non-hydrogen) atoms. The molecule has 0 saturated carbocycles. The van der Waals surface area contributed by atoms with Crippen molar-refractivity contribution < 1.29 is 4.92 Å². The van der Waals surface area contributed by atoms with Crippen LogP contribution in [-0.2, 0) is 6.42 Å². The normalized spacial score (nSPS) is 10.7. The van der Waals surface area contributed by atoms with Crippen molar-refractivity contribution in [3.05, 3.63) is 38.9 Å². The smallest absolute Gasteiger partial charge is 0.258 e. The molecule has 0 amide bonds. The molecule has 112 valence electrons. The Morgan fingerprint density at radius 3 is 2.25 bits per heavy atom. The number of halogens is 1. The molecule has 0 fully saturated rings. The van der Waals surface area contributed by atoms with Gasteiger partial charge >= 0.3 is 0 Å². The maximum Gasteiger partial charge on any atom is 0.272 e. The first-order valence-electron chi connectivity index (χ1n) is 7.58.